The fourth-order valence-corrected chi connectivity index (χ4v) is 2.15. The lowest BCUT2D eigenvalue weighted by Crippen LogP contribution is -2.11. The van der Waals surface area contributed by atoms with Crippen LogP contribution in [-0.4, -0.2) is 13.0 Å². The van der Waals surface area contributed by atoms with E-state index in [2.05, 4.69) is 5.32 Å². The zero-order chi connectivity index (χ0) is 15.2. The highest BCUT2D eigenvalue weighted by molar-refractivity contribution is 5.94. The normalized spacial score (nSPS) is 9.76. The van der Waals surface area contributed by atoms with Crippen molar-refractivity contribution in [2.75, 3.05) is 12.4 Å². The highest BCUT2D eigenvalue weighted by atomic mass is 16.5. The van der Waals surface area contributed by atoms with Crippen molar-refractivity contribution >= 4 is 11.6 Å². The van der Waals surface area contributed by atoms with Crippen LogP contribution in [0.2, 0.25) is 0 Å². The molecule has 0 bridgehead atoms. The first kappa shape index (κ1) is 14.6. The second-order valence-electron chi connectivity index (χ2n) is 4.62. The molecular formula is C17H16N2O2. The molecule has 1 N–H and O–H groups in total. The van der Waals surface area contributed by atoms with Gasteiger partial charge in [-0.05, 0) is 35.7 Å². The van der Waals surface area contributed by atoms with E-state index < -0.39 is 0 Å². The minimum absolute atomic E-state index is 0.178. The van der Waals surface area contributed by atoms with Gasteiger partial charge in [0.15, 0.2) is 0 Å². The van der Waals surface area contributed by atoms with Gasteiger partial charge in [0.1, 0.15) is 12.2 Å². The van der Waals surface area contributed by atoms with E-state index in [9.17, 15) is 4.79 Å². The predicted octanol–water partition coefficient (Wildman–Crippen LogP) is 3.52. The Morgan fingerprint density at radius 2 is 2.00 bits per heavy atom. The highest BCUT2D eigenvalue weighted by Gasteiger charge is 2.11. The lowest BCUT2D eigenvalue weighted by atomic mass is 9.99. The summed E-state index contributed by atoms with van der Waals surface area (Å²) in [6, 6.07) is 15.5. The molecule has 106 valence electrons. The van der Waals surface area contributed by atoms with Gasteiger partial charge >= 0.3 is 0 Å². The highest BCUT2D eigenvalue weighted by Crippen LogP contribution is 2.33. The van der Waals surface area contributed by atoms with E-state index in [1.165, 1.54) is 0 Å². The maximum absolute atomic E-state index is 11.6. The van der Waals surface area contributed by atoms with Crippen LogP contribution in [0.5, 0.6) is 5.75 Å². The van der Waals surface area contributed by atoms with Crippen molar-refractivity contribution < 1.29 is 9.53 Å². The molecule has 2 rings (SSSR count). The predicted molar refractivity (Wildman–Crippen MR) is 82.0 cm³/mol. The molecule has 2 aromatic rings. The standard InChI is InChI=1S/C17H16N2O2/c1-12-10-15(19-17(20)8-9-18)16(21-2)11-14(12)13-6-4-3-5-7-13/h3-7,10-11H,8H2,1-2H3,(H,19,20). The molecule has 0 fully saturated rings. The molecule has 0 saturated carbocycles. The molecule has 21 heavy (non-hydrogen) atoms. The molecule has 0 heterocycles. The van der Waals surface area contributed by atoms with Crippen LogP contribution in [0.4, 0.5) is 5.69 Å². The van der Waals surface area contributed by atoms with Crippen molar-refractivity contribution in [3.05, 3.63) is 48.0 Å². The molecule has 0 aliphatic carbocycles. The van der Waals surface area contributed by atoms with Crippen molar-refractivity contribution in [1.82, 2.24) is 0 Å². The molecule has 0 radical (unpaired) electrons. The Morgan fingerprint density at radius 3 is 2.62 bits per heavy atom. The molecule has 0 aliphatic rings. The Balaban J connectivity index is 2.41. The molecule has 4 nitrogen and oxygen atoms in total. The van der Waals surface area contributed by atoms with Crippen LogP contribution < -0.4 is 10.1 Å². The maximum atomic E-state index is 11.6. The van der Waals surface area contributed by atoms with Crippen molar-refractivity contribution in [2.45, 2.75) is 13.3 Å². The minimum atomic E-state index is -0.345. The number of benzene rings is 2. The van der Waals surface area contributed by atoms with Gasteiger partial charge in [0, 0.05) is 0 Å². The Bertz CT molecular complexity index is 688. The van der Waals surface area contributed by atoms with Crippen LogP contribution in [0, 0.1) is 18.3 Å². The molecule has 4 heteroatoms. The van der Waals surface area contributed by atoms with Gasteiger partial charge in [-0.1, -0.05) is 30.3 Å². The number of ether oxygens (including phenoxy) is 1. The summed E-state index contributed by atoms with van der Waals surface area (Å²) >= 11 is 0. The number of anilines is 1. The molecule has 1 amide bonds. The molecule has 0 aromatic heterocycles. The van der Waals surface area contributed by atoms with Gasteiger partial charge in [-0.15, -0.1) is 0 Å². The zero-order valence-corrected chi connectivity index (χ0v) is 12.0. The van der Waals surface area contributed by atoms with E-state index in [0.717, 1.165) is 16.7 Å². The second-order valence-corrected chi connectivity index (χ2v) is 4.62. The first-order valence-electron chi connectivity index (χ1n) is 6.56. The van der Waals surface area contributed by atoms with E-state index >= 15 is 0 Å². The van der Waals surface area contributed by atoms with Gasteiger partial charge in [0.25, 0.3) is 0 Å². The number of nitrogens with zero attached hydrogens (tertiary/aromatic N) is 1. The first-order chi connectivity index (χ1) is 10.2. The number of methoxy groups -OCH3 is 1. The lowest BCUT2D eigenvalue weighted by molar-refractivity contribution is -0.115. The summed E-state index contributed by atoms with van der Waals surface area (Å²) in [7, 11) is 1.55. The van der Waals surface area contributed by atoms with E-state index in [1.807, 2.05) is 55.5 Å². The summed E-state index contributed by atoms with van der Waals surface area (Å²) in [5.41, 5.74) is 3.73. The third kappa shape index (κ3) is 3.40. The zero-order valence-electron chi connectivity index (χ0n) is 12.0. The number of rotatable bonds is 4. The van der Waals surface area contributed by atoms with Crippen LogP contribution >= 0.6 is 0 Å². The molecular weight excluding hydrogens is 264 g/mol. The monoisotopic (exact) mass is 280 g/mol. The largest absolute Gasteiger partial charge is 0.495 e. The Kier molecular flexibility index (Phi) is 4.57. The molecule has 0 spiro atoms. The third-order valence-corrected chi connectivity index (χ3v) is 3.14. The summed E-state index contributed by atoms with van der Waals surface area (Å²) in [5.74, 6) is 0.230. The quantitative estimate of drug-likeness (QED) is 0.932. The first-order valence-corrected chi connectivity index (χ1v) is 6.56. The number of aryl methyl sites for hydroxylation is 1. The van der Waals surface area contributed by atoms with Crippen LogP contribution in [0.25, 0.3) is 11.1 Å². The molecule has 2 aromatic carbocycles. The van der Waals surface area contributed by atoms with Crippen molar-refractivity contribution in [3.8, 4) is 22.9 Å². The second kappa shape index (κ2) is 6.58. The Labute approximate surface area is 124 Å². The lowest BCUT2D eigenvalue weighted by Gasteiger charge is -2.14. The number of carbonyl (C=O) groups is 1. The smallest absolute Gasteiger partial charge is 0.238 e. The number of nitriles is 1. The molecule has 0 saturated heterocycles. The van der Waals surface area contributed by atoms with E-state index in [1.54, 1.807) is 7.11 Å². The van der Waals surface area contributed by atoms with Gasteiger partial charge in [0.2, 0.25) is 5.91 Å². The summed E-state index contributed by atoms with van der Waals surface area (Å²) in [6.07, 6.45) is -0.178. The van der Waals surface area contributed by atoms with E-state index in [4.69, 9.17) is 10.00 Å². The summed E-state index contributed by atoms with van der Waals surface area (Å²) < 4.78 is 5.34. The average Bonchev–Trinajstić information content (AvgIpc) is 2.48. The van der Waals surface area contributed by atoms with E-state index in [0.29, 0.717) is 11.4 Å². The number of hydrogen-bond donors (Lipinski definition) is 1. The van der Waals surface area contributed by atoms with Crippen molar-refractivity contribution in [2.24, 2.45) is 0 Å². The molecule has 0 atom stereocenters. The van der Waals surface area contributed by atoms with E-state index in [-0.39, 0.29) is 12.3 Å². The maximum Gasteiger partial charge on any atom is 0.238 e. The van der Waals surface area contributed by atoms with Crippen LogP contribution in [0.15, 0.2) is 42.5 Å². The van der Waals surface area contributed by atoms with Gasteiger partial charge in [-0.3, -0.25) is 4.79 Å². The number of hydrogen-bond acceptors (Lipinski definition) is 3. The van der Waals surface area contributed by atoms with Gasteiger partial charge in [0.05, 0.1) is 18.9 Å². The average molecular weight is 280 g/mol. The summed E-state index contributed by atoms with van der Waals surface area (Å²) in [4.78, 5) is 11.6. The van der Waals surface area contributed by atoms with Crippen molar-refractivity contribution in [1.29, 1.82) is 5.26 Å². The Morgan fingerprint density at radius 1 is 1.29 bits per heavy atom. The summed E-state index contributed by atoms with van der Waals surface area (Å²) in [6.45, 7) is 1.97. The van der Waals surface area contributed by atoms with Gasteiger partial charge in [-0.2, -0.15) is 5.26 Å². The van der Waals surface area contributed by atoms with Crippen LogP contribution in [0.1, 0.15) is 12.0 Å². The fourth-order valence-electron chi connectivity index (χ4n) is 2.15. The van der Waals surface area contributed by atoms with Crippen LogP contribution in [-0.2, 0) is 4.79 Å². The number of carbonyl (C=O) groups excluding carboxylic acids is 1. The third-order valence-electron chi connectivity index (χ3n) is 3.14. The molecule has 0 aliphatic heterocycles. The number of amides is 1. The fraction of sp³-hybridized carbons (Fsp3) is 0.176. The van der Waals surface area contributed by atoms with Crippen molar-refractivity contribution in [3.63, 3.8) is 0 Å². The summed E-state index contributed by atoms with van der Waals surface area (Å²) in [5, 5.41) is 11.2. The SMILES string of the molecule is COc1cc(-c2ccccc2)c(C)cc1NC(=O)CC#N. The topological polar surface area (TPSA) is 62.1 Å². The van der Waals surface area contributed by atoms with Gasteiger partial charge in [-0.25, -0.2) is 0 Å². The minimum Gasteiger partial charge on any atom is -0.495 e. The molecule has 0 unspecified atom stereocenters. The number of nitrogens with one attached hydrogen (secondary N) is 1. The van der Waals surface area contributed by atoms with Gasteiger partial charge < -0.3 is 10.1 Å². The van der Waals surface area contributed by atoms with Crippen LogP contribution in [0.3, 0.4) is 0 Å². The Hall–Kier alpha value is -2.80.